The van der Waals surface area contributed by atoms with Crippen LogP contribution in [0, 0.1) is 0 Å². The molecule has 6 heteroatoms. The van der Waals surface area contributed by atoms with Crippen LogP contribution in [-0.4, -0.2) is 15.9 Å². The number of hydrogen-bond donors (Lipinski definition) is 0. The van der Waals surface area contributed by atoms with Crippen LogP contribution >= 0.6 is 22.9 Å². The summed E-state index contributed by atoms with van der Waals surface area (Å²) in [6.07, 6.45) is 2.04. The highest BCUT2D eigenvalue weighted by molar-refractivity contribution is 7.22. The van der Waals surface area contributed by atoms with Gasteiger partial charge in [0, 0.05) is 11.2 Å². The SMILES string of the molecule is CC(C)c1ccc(CC(=O)N(Cc2ccccn2)c2nc3ccc(Cl)cc3s2)cc1. The van der Waals surface area contributed by atoms with Crippen molar-refractivity contribution in [3.8, 4) is 0 Å². The molecule has 0 unspecified atom stereocenters. The van der Waals surface area contributed by atoms with Gasteiger partial charge in [0.05, 0.1) is 28.9 Å². The van der Waals surface area contributed by atoms with Crippen LogP contribution < -0.4 is 4.90 Å². The van der Waals surface area contributed by atoms with Crippen molar-refractivity contribution in [1.29, 1.82) is 0 Å². The number of carbonyl (C=O) groups is 1. The van der Waals surface area contributed by atoms with Crippen molar-refractivity contribution in [2.24, 2.45) is 0 Å². The molecule has 0 saturated carbocycles. The van der Waals surface area contributed by atoms with E-state index in [9.17, 15) is 4.79 Å². The van der Waals surface area contributed by atoms with Crippen molar-refractivity contribution in [2.75, 3.05) is 4.90 Å². The van der Waals surface area contributed by atoms with Gasteiger partial charge < -0.3 is 0 Å². The molecule has 30 heavy (non-hydrogen) atoms. The lowest BCUT2D eigenvalue weighted by Gasteiger charge is -2.20. The van der Waals surface area contributed by atoms with E-state index in [1.165, 1.54) is 16.9 Å². The van der Waals surface area contributed by atoms with E-state index in [4.69, 9.17) is 11.6 Å². The largest absolute Gasteiger partial charge is 0.282 e. The van der Waals surface area contributed by atoms with Crippen LogP contribution in [0.15, 0.2) is 66.9 Å². The van der Waals surface area contributed by atoms with Crippen molar-refractivity contribution in [3.05, 3.63) is 88.7 Å². The Balaban J connectivity index is 1.64. The topological polar surface area (TPSA) is 46.1 Å². The molecule has 0 atom stereocenters. The number of amides is 1. The minimum Gasteiger partial charge on any atom is -0.282 e. The van der Waals surface area contributed by atoms with Gasteiger partial charge in [0.2, 0.25) is 5.91 Å². The monoisotopic (exact) mass is 435 g/mol. The fourth-order valence-electron chi connectivity index (χ4n) is 3.21. The summed E-state index contributed by atoms with van der Waals surface area (Å²) in [5, 5.41) is 1.31. The fourth-order valence-corrected chi connectivity index (χ4v) is 4.47. The highest BCUT2D eigenvalue weighted by Gasteiger charge is 2.21. The Morgan fingerprint density at radius 1 is 1.10 bits per heavy atom. The number of anilines is 1. The Kier molecular flexibility index (Phi) is 6.11. The zero-order chi connectivity index (χ0) is 21.1. The lowest BCUT2D eigenvalue weighted by Crippen LogP contribution is -2.32. The normalized spacial score (nSPS) is 11.2. The Labute approximate surface area is 185 Å². The predicted molar refractivity (Wildman–Crippen MR) is 124 cm³/mol. The smallest absolute Gasteiger partial charge is 0.233 e. The molecular formula is C24H22ClN3OS. The summed E-state index contributed by atoms with van der Waals surface area (Å²) in [7, 11) is 0. The number of rotatable bonds is 6. The summed E-state index contributed by atoms with van der Waals surface area (Å²) in [6, 6.07) is 19.5. The summed E-state index contributed by atoms with van der Waals surface area (Å²) in [5.74, 6) is 0.452. The van der Waals surface area contributed by atoms with Crippen LogP contribution in [0.1, 0.15) is 36.6 Å². The van der Waals surface area contributed by atoms with Gasteiger partial charge in [-0.2, -0.15) is 0 Å². The standard InChI is InChI=1S/C24H22ClN3OS/c1-16(2)18-8-6-17(7-9-18)13-23(29)28(15-20-5-3-4-12-26-20)24-27-21-11-10-19(25)14-22(21)30-24/h3-12,14,16H,13,15H2,1-2H3. The van der Waals surface area contributed by atoms with E-state index in [0.717, 1.165) is 21.5 Å². The highest BCUT2D eigenvalue weighted by Crippen LogP contribution is 2.32. The Morgan fingerprint density at radius 2 is 1.90 bits per heavy atom. The van der Waals surface area contributed by atoms with Crippen molar-refractivity contribution in [2.45, 2.75) is 32.7 Å². The first-order chi connectivity index (χ1) is 14.5. The van der Waals surface area contributed by atoms with E-state index in [1.807, 2.05) is 48.5 Å². The third kappa shape index (κ3) is 4.69. The summed E-state index contributed by atoms with van der Waals surface area (Å²) < 4.78 is 0.956. The van der Waals surface area contributed by atoms with E-state index < -0.39 is 0 Å². The quantitative estimate of drug-likeness (QED) is 0.360. The number of thiazole rings is 1. The van der Waals surface area contributed by atoms with E-state index in [1.54, 1.807) is 11.1 Å². The molecule has 2 aromatic heterocycles. The Bertz CT molecular complexity index is 1160. The number of aromatic nitrogens is 2. The van der Waals surface area contributed by atoms with Crippen molar-refractivity contribution in [3.63, 3.8) is 0 Å². The van der Waals surface area contributed by atoms with E-state index >= 15 is 0 Å². The third-order valence-corrected chi connectivity index (χ3v) is 6.20. The molecule has 0 radical (unpaired) electrons. The van der Waals surface area contributed by atoms with Crippen molar-refractivity contribution in [1.82, 2.24) is 9.97 Å². The summed E-state index contributed by atoms with van der Waals surface area (Å²) >= 11 is 7.60. The molecule has 0 N–H and O–H groups in total. The number of halogens is 1. The van der Waals surface area contributed by atoms with Crippen molar-refractivity contribution >= 4 is 44.2 Å². The Hall–Kier alpha value is -2.76. The van der Waals surface area contributed by atoms with Gasteiger partial charge in [-0.05, 0) is 47.4 Å². The first-order valence-corrected chi connectivity index (χ1v) is 11.0. The molecule has 4 aromatic rings. The van der Waals surface area contributed by atoms with Gasteiger partial charge in [-0.15, -0.1) is 0 Å². The van der Waals surface area contributed by atoms with E-state index in [0.29, 0.717) is 29.0 Å². The molecule has 152 valence electrons. The molecule has 4 nitrogen and oxygen atoms in total. The summed E-state index contributed by atoms with van der Waals surface area (Å²) in [5.41, 5.74) is 3.90. The van der Waals surface area contributed by atoms with Gasteiger partial charge in [0.15, 0.2) is 5.13 Å². The first kappa shape index (κ1) is 20.5. The Morgan fingerprint density at radius 3 is 2.60 bits per heavy atom. The molecule has 0 saturated heterocycles. The molecular weight excluding hydrogens is 414 g/mol. The van der Waals surface area contributed by atoms with E-state index in [-0.39, 0.29) is 5.91 Å². The summed E-state index contributed by atoms with van der Waals surface area (Å²) in [6.45, 7) is 4.69. The molecule has 4 rings (SSSR count). The van der Waals surface area contributed by atoms with Crippen molar-refractivity contribution < 1.29 is 4.79 Å². The third-order valence-electron chi connectivity index (χ3n) is 4.92. The van der Waals surface area contributed by atoms with Gasteiger partial charge >= 0.3 is 0 Å². The number of pyridine rings is 1. The number of carbonyl (C=O) groups excluding carboxylic acids is 1. The molecule has 0 fully saturated rings. The van der Waals surface area contributed by atoms with Crippen LogP contribution in [0.25, 0.3) is 10.2 Å². The number of nitrogens with zero attached hydrogens (tertiary/aromatic N) is 3. The second kappa shape index (κ2) is 8.94. The maximum Gasteiger partial charge on any atom is 0.233 e. The second-order valence-corrected chi connectivity index (χ2v) is 8.93. The average molecular weight is 436 g/mol. The molecule has 2 aromatic carbocycles. The van der Waals surface area contributed by atoms with Crippen LogP contribution in [0.5, 0.6) is 0 Å². The van der Waals surface area contributed by atoms with Crippen LogP contribution in [-0.2, 0) is 17.8 Å². The maximum atomic E-state index is 13.3. The predicted octanol–water partition coefficient (Wildman–Crippen LogP) is 6.24. The molecule has 0 spiro atoms. The zero-order valence-corrected chi connectivity index (χ0v) is 18.5. The van der Waals surface area contributed by atoms with Crippen LogP contribution in [0.3, 0.4) is 0 Å². The van der Waals surface area contributed by atoms with Gasteiger partial charge in [0.1, 0.15) is 0 Å². The summed E-state index contributed by atoms with van der Waals surface area (Å²) in [4.78, 5) is 24.1. The number of fused-ring (bicyclic) bond motifs is 1. The molecule has 0 aliphatic rings. The van der Waals surface area contributed by atoms with Crippen LogP contribution in [0.4, 0.5) is 5.13 Å². The van der Waals surface area contributed by atoms with Gasteiger partial charge in [-0.25, -0.2) is 4.98 Å². The minimum atomic E-state index is -0.0110. The first-order valence-electron chi connectivity index (χ1n) is 9.85. The average Bonchev–Trinajstić information content (AvgIpc) is 3.15. The molecule has 0 aliphatic carbocycles. The molecule has 0 aliphatic heterocycles. The molecule has 1 amide bonds. The lowest BCUT2D eigenvalue weighted by molar-refractivity contribution is -0.118. The van der Waals surface area contributed by atoms with Gasteiger partial charge in [-0.1, -0.05) is 67.1 Å². The minimum absolute atomic E-state index is 0.0110. The maximum absolute atomic E-state index is 13.3. The zero-order valence-electron chi connectivity index (χ0n) is 16.9. The van der Waals surface area contributed by atoms with Crippen LogP contribution in [0.2, 0.25) is 5.02 Å². The van der Waals surface area contributed by atoms with E-state index in [2.05, 4.69) is 35.9 Å². The highest BCUT2D eigenvalue weighted by atomic mass is 35.5. The van der Waals surface area contributed by atoms with Gasteiger partial charge in [-0.3, -0.25) is 14.7 Å². The number of benzene rings is 2. The molecule has 0 bridgehead atoms. The number of hydrogen-bond acceptors (Lipinski definition) is 4. The molecule has 2 heterocycles. The fraction of sp³-hybridized carbons (Fsp3) is 0.208. The lowest BCUT2D eigenvalue weighted by atomic mass is 10.0. The van der Waals surface area contributed by atoms with Gasteiger partial charge in [0.25, 0.3) is 0 Å². The second-order valence-electron chi connectivity index (χ2n) is 7.48.